The Kier molecular flexibility index (Phi) is 7.07. The fraction of sp³-hybridized carbons (Fsp3) is 0.364. The number of aromatic nitrogens is 2. The average Bonchev–Trinajstić information content (AvgIpc) is 2.81. The van der Waals surface area contributed by atoms with E-state index < -0.39 is 0 Å². The van der Waals surface area contributed by atoms with E-state index in [4.69, 9.17) is 20.6 Å². The van der Waals surface area contributed by atoms with Gasteiger partial charge in [0, 0.05) is 31.3 Å². The Morgan fingerprint density at radius 2 is 1.90 bits per heavy atom. The van der Waals surface area contributed by atoms with Gasteiger partial charge in [-0.05, 0) is 37.0 Å². The molecule has 1 fully saturated rings. The van der Waals surface area contributed by atoms with Crippen molar-refractivity contribution in [1.29, 1.82) is 5.41 Å². The maximum atomic E-state index is 11.8. The fourth-order valence-corrected chi connectivity index (χ4v) is 3.60. The number of nitrogens with one attached hydrogen (secondary N) is 2. The van der Waals surface area contributed by atoms with Gasteiger partial charge >= 0.3 is 0 Å². The molecule has 9 heteroatoms. The molecule has 0 bridgehead atoms. The maximum Gasteiger partial charge on any atom is 0.245 e. The predicted octanol–water partition coefficient (Wildman–Crippen LogP) is 2.33. The highest BCUT2D eigenvalue weighted by Crippen LogP contribution is 2.28. The molecule has 2 heterocycles. The van der Waals surface area contributed by atoms with Crippen LogP contribution in [0.25, 0.3) is 0 Å². The van der Waals surface area contributed by atoms with E-state index in [9.17, 15) is 4.79 Å². The molecule has 164 valence electrons. The molecule has 2 aromatic rings. The summed E-state index contributed by atoms with van der Waals surface area (Å²) < 4.78 is 10.6. The first-order valence-corrected chi connectivity index (χ1v) is 10.0. The SMILES string of the molecule is C=CC(=O)N1CCC(CNc2ncnc(N)c2C(=N)c2cc(OC)cc(OC)c2)CC1. The molecular weight excluding hydrogens is 396 g/mol. The van der Waals surface area contributed by atoms with Gasteiger partial charge in [-0.25, -0.2) is 9.97 Å². The number of likely N-dealkylation sites (tertiary alicyclic amines) is 1. The molecule has 1 saturated heterocycles. The number of ether oxygens (including phenoxy) is 2. The molecule has 1 aliphatic heterocycles. The zero-order valence-electron chi connectivity index (χ0n) is 17.9. The van der Waals surface area contributed by atoms with Gasteiger partial charge in [-0.3, -0.25) is 10.2 Å². The summed E-state index contributed by atoms with van der Waals surface area (Å²) in [6, 6.07) is 5.23. The van der Waals surface area contributed by atoms with Crippen LogP contribution in [0, 0.1) is 11.3 Å². The number of hydrogen-bond acceptors (Lipinski definition) is 8. The van der Waals surface area contributed by atoms with Crippen LogP contribution in [0.3, 0.4) is 0 Å². The Labute approximate surface area is 181 Å². The van der Waals surface area contributed by atoms with Gasteiger partial charge in [0.25, 0.3) is 0 Å². The molecule has 0 saturated carbocycles. The number of benzene rings is 1. The van der Waals surface area contributed by atoms with Gasteiger partial charge in [0.1, 0.15) is 29.5 Å². The number of carbonyl (C=O) groups is 1. The summed E-state index contributed by atoms with van der Waals surface area (Å²) in [5.74, 6) is 2.22. The predicted molar refractivity (Wildman–Crippen MR) is 120 cm³/mol. The minimum Gasteiger partial charge on any atom is -0.497 e. The van der Waals surface area contributed by atoms with Gasteiger partial charge in [0.15, 0.2) is 0 Å². The second-order valence-corrected chi connectivity index (χ2v) is 7.31. The van der Waals surface area contributed by atoms with E-state index in [0.717, 1.165) is 12.8 Å². The third-order valence-electron chi connectivity index (χ3n) is 5.43. The Morgan fingerprint density at radius 1 is 1.26 bits per heavy atom. The van der Waals surface area contributed by atoms with E-state index in [-0.39, 0.29) is 17.4 Å². The van der Waals surface area contributed by atoms with E-state index >= 15 is 0 Å². The Hall–Kier alpha value is -3.62. The molecule has 1 amide bonds. The van der Waals surface area contributed by atoms with Crippen molar-refractivity contribution in [2.75, 3.05) is 44.9 Å². The first-order valence-electron chi connectivity index (χ1n) is 10.0. The lowest BCUT2D eigenvalue weighted by molar-refractivity contribution is -0.127. The van der Waals surface area contributed by atoms with Gasteiger partial charge < -0.3 is 25.4 Å². The van der Waals surface area contributed by atoms with Gasteiger partial charge in [-0.15, -0.1) is 0 Å². The average molecular weight is 425 g/mol. The molecule has 4 N–H and O–H groups in total. The van der Waals surface area contributed by atoms with E-state index in [1.54, 1.807) is 32.4 Å². The fourth-order valence-electron chi connectivity index (χ4n) is 3.60. The second-order valence-electron chi connectivity index (χ2n) is 7.31. The zero-order valence-corrected chi connectivity index (χ0v) is 17.9. The van der Waals surface area contributed by atoms with E-state index in [1.807, 2.05) is 4.90 Å². The number of piperidine rings is 1. The van der Waals surface area contributed by atoms with Gasteiger partial charge in [-0.2, -0.15) is 0 Å². The summed E-state index contributed by atoms with van der Waals surface area (Å²) in [6.07, 6.45) is 4.50. The highest BCUT2D eigenvalue weighted by molar-refractivity contribution is 6.16. The Morgan fingerprint density at radius 3 is 2.48 bits per heavy atom. The van der Waals surface area contributed by atoms with Gasteiger partial charge in [-0.1, -0.05) is 6.58 Å². The highest BCUT2D eigenvalue weighted by atomic mass is 16.5. The lowest BCUT2D eigenvalue weighted by atomic mass is 9.96. The number of rotatable bonds is 8. The summed E-state index contributed by atoms with van der Waals surface area (Å²) in [7, 11) is 3.12. The lowest BCUT2D eigenvalue weighted by Crippen LogP contribution is -2.39. The van der Waals surface area contributed by atoms with Crippen molar-refractivity contribution in [3.63, 3.8) is 0 Å². The number of methoxy groups -OCH3 is 2. The quantitative estimate of drug-likeness (QED) is 0.438. The topological polar surface area (TPSA) is 126 Å². The van der Waals surface area contributed by atoms with Crippen LogP contribution < -0.4 is 20.5 Å². The smallest absolute Gasteiger partial charge is 0.245 e. The van der Waals surface area contributed by atoms with Crippen molar-refractivity contribution >= 4 is 23.3 Å². The third kappa shape index (κ3) is 5.11. The Balaban J connectivity index is 1.76. The molecule has 1 aromatic carbocycles. The van der Waals surface area contributed by atoms with E-state index in [2.05, 4.69) is 21.9 Å². The van der Waals surface area contributed by atoms with Crippen LogP contribution in [0.5, 0.6) is 11.5 Å². The molecule has 31 heavy (non-hydrogen) atoms. The molecule has 0 atom stereocenters. The normalized spacial score (nSPS) is 14.1. The first kappa shape index (κ1) is 22.1. The Bertz CT molecular complexity index is 947. The molecule has 0 radical (unpaired) electrons. The standard InChI is InChI=1S/C22H28N6O3/c1-4-18(29)28-7-5-14(6-8-28)12-25-22-19(21(24)26-13-27-22)20(23)15-9-16(30-2)11-17(10-15)31-3/h4,9-11,13-14,23H,1,5-8,12H2,2-3H3,(H3,24,25,26,27). The van der Waals surface area contributed by atoms with E-state index in [0.29, 0.717) is 54.0 Å². The molecular formula is C22H28N6O3. The van der Waals surface area contributed by atoms with Crippen LogP contribution >= 0.6 is 0 Å². The summed E-state index contributed by atoms with van der Waals surface area (Å²) >= 11 is 0. The van der Waals surface area contributed by atoms with Crippen molar-refractivity contribution in [1.82, 2.24) is 14.9 Å². The van der Waals surface area contributed by atoms with Crippen LogP contribution in [0.15, 0.2) is 37.2 Å². The molecule has 0 aliphatic carbocycles. The summed E-state index contributed by atoms with van der Waals surface area (Å²) in [5.41, 5.74) is 7.31. The molecule has 9 nitrogen and oxygen atoms in total. The summed E-state index contributed by atoms with van der Waals surface area (Å²) in [4.78, 5) is 22.0. The number of hydrogen-bond donors (Lipinski definition) is 3. The van der Waals surface area contributed by atoms with Gasteiger partial charge in [0.2, 0.25) is 5.91 Å². The summed E-state index contributed by atoms with van der Waals surface area (Å²) in [5, 5.41) is 12.1. The molecule has 0 spiro atoms. The van der Waals surface area contributed by atoms with Crippen molar-refractivity contribution < 1.29 is 14.3 Å². The van der Waals surface area contributed by atoms with Crippen molar-refractivity contribution in [3.8, 4) is 11.5 Å². The lowest BCUT2D eigenvalue weighted by Gasteiger charge is -2.31. The summed E-state index contributed by atoms with van der Waals surface area (Å²) in [6.45, 7) is 5.62. The van der Waals surface area contributed by atoms with Gasteiger partial charge in [0.05, 0.1) is 25.5 Å². The molecule has 0 unspecified atom stereocenters. The highest BCUT2D eigenvalue weighted by Gasteiger charge is 2.23. The van der Waals surface area contributed by atoms with Crippen molar-refractivity contribution in [2.24, 2.45) is 5.92 Å². The minimum atomic E-state index is -0.0283. The number of nitrogens with zero attached hydrogens (tertiary/aromatic N) is 3. The number of carbonyl (C=O) groups excluding carboxylic acids is 1. The van der Waals surface area contributed by atoms with Crippen LogP contribution in [-0.4, -0.2) is 60.3 Å². The number of nitrogens with two attached hydrogens (primary N) is 1. The largest absolute Gasteiger partial charge is 0.497 e. The minimum absolute atomic E-state index is 0.0283. The first-order chi connectivity index (χ1) is 15.0. The number of amides is 1. The van der Waals surface area contributed by atoms with Crippen LogP contribution in [-0.2, 0) is 4.79 Å². The second kappa shape index (κ2) is 9.92. The number of anilines is 2. The molecule has 1 aromatic heterocycles. The van der Waals surface area contributed by atoms with Crippen LogP contribution in [0.1, 0.15) is 24.0 Å². The maximum absolute atomic E-state index is 11.8. The van der Waals surface area contributed by atoms with Crippen molar-refractivity contribution in [3.05, 3.63) is 48.3 Å². The third-order valence-corrected chi connectivity index (χ3v) is 5.43. The van der Waals surface area contributed by atoms with Crippen LogP contribution in [0.2, 0.25) is 0 Å². The number of nitrogen functional groups attached to an aromatic ring is 1. The monoisotopic (exact) mass is 424 g/mol. The zero-order chi connectivity index (χ0) is 22.4. The van der Waals surface area contributed by atoms with Crippen LogP contribution in [0.4, 0.5) is 11.6 Å². The van der Waals surface area contributed by atoms with Crippen molar-refractivity contribution in [2.45, 2.75) is 12.8 Å². The molecule has 3 rings (SSSR count). The molecule has 1 aliphatic rings. The van der Waals surface area contributed by atoms with E-state index in [1.165, 1.54) is 12.4 Å².